The number of benzene rings is 2. The van der Waals surface area contributed by atoms with Gasteiger partial charge in [0.2, 0.25) is 0 Å². The third-order valence-electron chi connectivity index (χ3n) is 3.59. The van der Waals surface area contributed by atoms with Crippen LogP contribution in [0.1, 0.15) is 30.9 Å². The van der Waals surface area contributed by atoms with E-state index in [1.54, 1.807) is 0 Å². The average molecular weight is 229 g/mol. The largest absolute Gasteiger partial charge is 0.324 e. The highest BCUT2D eigenvalue weighted by Crippen LogP contribution is 2.38. The zero-order chi connectivity index (χ0) is 11.8. The fourth-order valence-corrected chi connectivity index (χ4v) is 2.45. The minimum atomic E-state index is -0.164. The standard InChI is InChI=1S/C15H16FN/c16-14-8-7-13(15(17)9-10-5-6-10)11-3-1-2-4-12(11)14/h1-4,7-8,10,15H,5-6,9,17H2. The van der Waals surface area contributed by atoms with Gasteiger partial charge in [0, 0.05) is 11.4 Å². The zero-order valence-electron chi connectivity index (χ0n) is 9.70. The van der Waals surface area contributed by atoms with Gasteiger partial charge in [-0.3, -0.25) is 0 Å². The maximum absolute atomic E-state index is 13.7. The molecule has 0 radical (unpaired) electrons. The van der Waals surface area contributed by atoms with Crippen LogP contribution in [-0.4, -0.2) is 0 Å². The molecule has 17 heavy (non-hydrogen) atoms. The van der Waals surface area contributed by atoms with E-state index >= 15 is 0 Å². The van der Waals surface area contributed by atoms with Crippen LogP contribution in [-0.2, 0) is 0 Å². The molecule has 2 N–H and O–H groups in total. The summed E-state index contributed by atoms with van der Waals surface area (Å²) in [4.78, 5) is 0. The summed E-state index contributed by atoms with van der Waals surface area (Å²) in [7, 11) is 0. The zero-order valence-corrected chi connectivity index (χ0v) is 9.70. The highest BCUT2D eigenvalue weighted by Gasteiger charge is 2.25. The molecule has 2 aromatic rings. The van der Waals surface area contributed by atoms with Crippen LogP contribution in [0.5, 0.6) is 0 Å². The second kappa shape index (κ2) is 4.11. The molecule has 0 saturated heterocycles. The van der Waals surface area contributed by atoms with Gasteiger partial charge in [-0.1, -0.05) is 43.2 Å². The summed E-state index contributed by atoms with van der Waals surface area (Å²) in [6, 6.07) is 11.0. The van der Waals surface area contributed by atoms with Crippen molar-refractivity contribution in [3.63, 3.8) is 0 Å². The number of rotatable bonds is 3. The van der Waals surface area contributed by atoms with Crippen molar-refractivity contribution in [3.05, 3.63) is 47.8 Å². The van der Waals surface area contributed by atoms with Crippen LogP contribution in [0.15, 0.2) is 36.4 Å². The molecule has 2 heteroatoms. The molecule has 1 nitrogen and oxygen atoms in total. The fourth-order valence-electron chi connectivity index (χ4n) is 2.45. The first-order valence-electron chi connectivity index (χ1n) is 6.18. The first kappa shape index (κ1) is 10.7. The van der Waals surface area contributed by atoms with Crippen molar-refractivity contribution in [3.8, 4) is 0 Å². The molecule has 0 aliphatic heterocycles. The van der Waals surface area contributed by atoms with Crippen molar-refractivity contribution >= 4 is 10.8 Å². The second-order valence-electron chi connectivity index (χ2n) is 4.97. The van der Waals surface area contributed by atoms with Gasteiger partial charge in [0.05, 0.1) is 0 Å². The maximum atomic E-state index is 13.7. The van der Waals surface area contributed by atoms with Gasteiger partial charge in [-0.25, -0.2) is 4.39 Å². The van der Waals surface area contributed by atoms with E-state index in [2.05, 4.69) is 0 Å². The molecule has 3 rings (SSSR count). The Labute approximate surface area is 100 Å². The molecular formula is C15H16FN. The molecule has 0 aromatic heterocycles. The topological polar surface area (TPSA) is 26.0 Å². The van der Waals surface area contributed by atoms with Gasteiger partial charge in [-0.15, -0.1) is 0 Å². The van der Waals surface area contributed by atoms with Crippen LogP contribution in [0.3, 0.4) is 0 Å². The van der Waals surface area contributed by atoms with Gasteiger partial charge < -0.3 is 5.73 Å². The summed E-state index contributed by atoms with van der Waals surface area (Å²) in [5, 5.41) is 1.64. The Kier molecular flexibility index (Phi) is 2.60. The van der Waals surface area contributed by atoms with E-state index in [1.165, 1.54) is 18.9 Å². The summed E-state index contributed by atoms with van der Waals surface area (Å²) in [6.45, 7) is 0. The molecule has 2 aromatic carbocycles. The minimum Gasteiger partial charge on any atom is -0.324 e. The monoisotopic (exact) mass is 229 g/mol. The molecule has 0 amide bonds. The van der Waals surface area contributed by atoms with E-state index in [-0.39, 0.29) is 11.9 Å². The van der Waals surface area contributed by atoms with Gasteiger partial charge in [0.1, 0.15) is 5.82 Å². The van der Waals surface area contributed by atoms with Crippen LogP contribution in [0.4, 0.5) is 4.39 Å². The lowest BCUT2D eigenvalue weighted by molar-refractivity contribution is 0.597. The van der Waals surface area contributed by atoms with Gasteiger partial charge in [-0.05, 0) is 29.4 Å². The summed E-state index contributed by atoms with van der Waals surface area (Å²) < 4.78 is 13.7. The molecule has 1 unspecified atom stereocenters. The van der Waals surface area contributed by atoms with Gasteiger partial charge in [0.25, 0.3) is 0 Å². The van der Waals surface area contributed by atoms with Gasteiger partial charge in [-0.2, -0.15) is 0 Å². The maximum Gasteiger partial charge on any atom is 0.131 e. The predicted molar refractivity (Wildman–Crippen MR) is 68.2 cm³/mol. The van der Waals surface area contributed by atoms with Crippen molar-refractivity contribution in [2.45, 2.75) is 25.3 Å². The first-order valence-corrected chi connectivity index (χ1v) is 6.18. The summed E-state index contributed by atoms with van der Waals surface area (Å²) in [5.41, 5.74) is 7.31. The molecule has 1 saturated carbocycles. The molecule has 0 heterocycles. The molecule has 1 aliphatic rings. The third kappa shape index (κ3) is 2.05. The summed E-state index contributed by atoms with van der Waals surface area (Å²) in [5.74, 6) is 0.622. The molecule has 0 bridgehead atoms. The highest BCUT2D eigenvalue weighted by molar-refractivity contribution is 5.86. The Balaban J connectivity index is 2.05. The Morgan fingerprint density at radius 1 is 1.12 bits per heavy atom. The Morgan fingerprint density at radius 2 is 1.82 bits per heavy atom. The number of halogens is 1. The smallest absolute Gasteiger partial charge is 0.131 e. The second-order valence-corrected chi connectivity index (χ2v) is 4.97. The minimum absolute atomic E-state index is 0.0352. The first-order chi connectivity index (χ1) is 8.25. The van der Waals surface area contributed by atoms with Gasteiger partial charge in [0.15, 0.2) is 0 Å². The lowest BCUT2D eigenvalue weighted by atomic mass is 9.96. The summed E-state index contributed by atoms with van der Waals surface area (Å²) in [6.07, 6.45) is 3.62. The molecular weight excluding hydrogens is 213 g/mol. The summed E-state index contributed by atoms with van der Waals surface area (Å²) >= 11 is 0. The third-order valence-corrected chi connectivity index (χ3v) is 3.59. The van der Waals surface area contributed by atoms with E-state index in [9.17, 15) is 4.39 Å². The average Bonchev–Trinajstić information content (AvgIpc) is 3.14. The number of hydrogen-bond acceptors (Lipinski definition) is 1. The normalized spacial score (nSPS) is 17.3. The van der Waals surface area contributed by atoms with Gasteiger partial charge >= 0.3 is 0 Å². The quantitative estimate of drug-likeness (QED) is 0.851. The van der Waals surface area contributed by atoms with Crippen LogP contribution >= 0.6 is 0 Å². The van der Waals surface area contributed by atoms with E-state index in [0.717, 1.165) is 23.3 Å². The van der Waals surface area contributed by atoms with Crippen LogP contribution < -0.4 is 5.73 Å². The Bertz CT molecular complexity index is 546. The van der Waals surface area contributed by atoms with Crippen LogP contribution in [0.2, 0.25) is 0 Å². The van der Waals surface area contributed by atoms with E-state index in [0.29, 0.717) is 5.39 Å². The number of fused-ring (bicyclic) bond motifs is 1. The van der Waals surface area contributed by atoms with Crippen molar-refractivity contribution in [2.24, 2.45) is 11.7 Å². The van der Waals surface area contributed by atoms with Crippen molar-refractivity contribution in [1.82, 2.24) is 0 Å². The molecule has 1 fully saturated rings. The highest BCUT2D eigenvalue weighted by atomic mass is 19.1. The van der Waals surface area contributed by atoms with Crippen LogP contribution in [0, 0.1) is 11.7 Å². The van der Waals surface area contributed by atoms with Crippen LogP contribution in [0.25, 0.3) is 10.8 Å². The Hall–Kier alpha value is -1.41. The molecule has 1 aliphatic carbocycles. The van der Waals surface area contributed by atoms with Crippen molar-refractivity contribution in [2.75, 3.05) is 0 Å². The lowest BCUT2D eigenvalue weighted by Crippen LogP contribution is -2.11. The SMILES string of the molecule is NC(CC1CC1)c1ccc(F)c2ccccc12. The number of nitrogens with two attached hydrogens (primary N) is 1. The fraction of sp³-hybridized carbons (Fsp3) is 0.333. The van der Waals surface area contributed by atoms with Crippen molar-refractivity contribution < 1.29 is 4.39 Å². The van der Waals surface area contributed by atoms with E-state index in [1.807, 2.05) is 30.3 Å². The number of hydrogen-bond donors (Lipinski definition) is 1. The molecule has 1 atom stereocenters. The molecule has 88 valence electrons. The Morgan fingerprint density at radius 3 is 2.53 bits per heavy atom. The molecule has 0 spiro atoms. The predicted octanol–water partition coefficient (Wildman–Crippen LogP) is 3.78. The lowest BCUT2D eigenvalue weighted by Gasteiger charge is -2.14. The van der Waals surface area contributed by atoms with E-state index in [4.69, 9.17) is 5.73 Å². The van der Waals surface area contributed by atoms with Crippen molar-refractivity contribution in [1.29, 1.82) is 0 Å². The van der Waals surface area contributed by atoms with E-state index < -0.39 is 0 Å².